The van der Waals surface area contributed by atoms with Crippen LogP contribution < -0.4 is 0 Å². The summed E-state index contributed by atoms with van der Waals surface area (Å²) in [5.41, 5.74) is 0. The van der Waals surface area contributed by atoms with Crippen molar-refractivity contribution >= 4 is 14.0 Å². The molecule has 0 aliphatic rings. The normalized spacial score (nSPS) is 9.70. The number of phosphoric acid groups is 1. The molecule has 2 N–H and O–H groups in total. The van der Waals surface area contributed by atoms with Gasteiger partial charge in [0.05, 0.1) is 0 Å². The molecule has 7 nitrogen and oxygen atoms in total. The first kappa shape index (κ1) is 8.91. The Morgan fingerprint density at radius 2 is 2.10 bits per heavy atom. The predicted molar refractivity (Wildman–Crippen MR) is 25.2 cm³/mol. The monoisotopic (exact) mass is 167 g/mol. The zero-order valence-electron chi connectivity index (χ0n) is 4.42. The Morgan fingerprint density at radius 1 is 1.60 bits per heavy atom. The van der Waals surface area contributed by atoms with Crippen LogP contribution in [0.25, 0.3) is 0 Å². The molecule has 0 rings (SSSR count). The number of ether oxygens (including phenoxy) is 1. The summed E-state index contributed by atoms with van der Waals surface area (Å²) in [4.78, 5) is 25.7. The van der Waals surface area contributed by atoms with Crippen LogP contribution in [0.15, 0.2) is 0 Å². The minimum atomic E-state index is -4.88. The Kier molecular flexibility index (Phi) is 2.83. The van der Waals surface area contributed by atoms with Gasteiger partial charge in [-0.15, -0.1) is 5.26 Å². The van der Waals surface area contributed by atoms with E-state index < -0.39 is 14.0 Å². The fourth-order valence-electron chi connectivity index (χ4n) is 0.153. The third kappa shape index (κ3) is 5.05. The van der Waals surface area contributed by atoms with Gasteiger partial charge in [-0.2, -0.15) is 0 Å². The highest BCUT2D eigenvalue weighted by atomic mass is 31.2. The maximum Gasteiger partial charge on any atom is 0.532 e. The Balaban J connectivity index is 3.84. The van der Waals surface area contributed by atoms with Crippen molar-refractivity contribution in [3.63, 3.8) is 0 Å². The molecule has 0 aromatic rings. The number of carbonyl (C=O) groups excluding carboxylic acids is 1. The second-order valence-electron chi connectivity index (χ2n) is 1.03. The summed E-state index contributed by atoms with van der Waals surface area (Å²) in [6.07, 6.45) is -0.854. The zero-order chi connectivity index (χ0) is 8.20. The second-order valence-corrected chi connectivity index (χ2v) is 2.19. The number of carbonyl (C=O) groups is 1. The Bertz CT molecular complexity index is 210. The SMILES string of the molecule is N#COC(=O)OP(=O)(O)O. The smallest absolute Gasteiger partial charge is 0.337 e. The van der Waals surface area contributed by atoms with Crippen LogP contribution in [0.3, 0.4) is 0 Å². The Hall–Kier alpha value is -1.09. The van der Waals surface area contributed by atoms with Gasteiger partial charge in [0.25, 0.3) is 6.26 Å². The summed E-state index contributed by atoms with van der Waals surface area (Å²) in [6.45, 7) is 0. The summed E-state index contributed by atoms with van der Waals surface area (Å²) in [5.74, 6) is 0. The molecule has 0 bridgehead atoms. The molecule has 0 fully saturated rings. The summed E-state index contributed by atoms with van der Waals surface area (Å²) in [7, 11) is -4.88. The number of nitriles is 1. The molecular weight excluding hydrogens is 165 g/mol. The van der Waals surface area contributed by atoms with Crippen molar-refractivity contribution < 1.29 is 28.4 Å². The van der Waals surface area contributed by atoms with Crippen LogP contribution in [0.2, 0.25) is 0 Å². The quantitative estimate of drug-likeness (QED) is 0.313. The van der Waals surface area contributed by atoms with E-state index in [2.05, 4.69) is 9.26 Å². The second kappa shape index (κ2) is 3.17. The molecule has 0 saturated carbocycles. The van der Waals surface area contributed by atoms with E-state index in [4.69, 9.17) is 15.0 Å². The predicted octanol–water partition coefficient (Wildman–Crippen LogP) is -0.287. The van der Waals surface area contributed by atoms with Gasteiger partial charge >= 0.3 is 14.0 Å². The van der Waals surface area contributed by atoms with Crippen LogP contribution in [-0.2, 0) is 13.8 Å². The van der Waals surface area contributed by atoms with Gasteiger partial charge in [-0.1, -0.05) is 0 Å². The molecule has 0 radical (unpaired) electrons. The molecule has 0 atom stereocenters. The van der Waals surface area contributed by atoms with Crippen molar-refractivity contribution in [2.45, 2.75) is 0 Å². The van der Waals surface area contributed by atoms with E-state index in [0.29, 0.717) is 0 Å². The van der Waals surface area contributed by atoms with Crippen LogP contribution >= 0.6 is 7.82 Å². The van der Waals surface area contributed by atoms with Gasteiger partial charge in [0.1, 0.15) is 0 Å². The highest BCUT2D eigenvalue weighted by Crippen LogP contribution is 2.35. The summed E-state index contributed by atoms with van der Waals surface area (Å²) in [5, 5.41) is 7.61. The first-order chi connectivity index (χ1) is 4.45. The fourth-order valence-corrected chi connectivity index (χ4v) is 0.384. The molecule has 0 aliphatic carbocycles. The van der Waals surface area contributed by atoms with Gasteiger partial charge in [0.15, 0.2) is 0 Å². The van der Waals surface area contributed by atoms with Gasteiger partial charge in [0.2, 0.25) is 0 Å². The lowest BCUT2D eigenvalue weighted by molar-refractivity contribution is 0.123. The van der Waals surface area contributed by atoms with Crippen molar-refractivity contribution in [1.82, 2.24) is 0 Å². The third-order valence-electron chi connectivity index (χ3n) is 0.322. The maximum atomic E-state index is 9.90. The third-order valence-corrected chi connectivity index (χ3v) is 0.709. The lowest BCUT2D eigenvalue weighted by atomic mass is 11.3. The first-order valence-corrected chi connectivity index (χ1v) is 3.34. The Morgan fingerprint density at radius 3 is 2.40 bits per heavy atom. The average Bonchev–Trinajstić information content (AvgIpc) is 1.59. The van der Waals surface area contributed by atoms with Gasteiger partial charge < -0.3 is 9.26 Å². The number of rotatable bonds is 1. The van der Waals surface area contributed by atoms with Gasteiger partial charge in [-0.3, -0.25) is 9.79 Å². The minimum Gasteiger partial charge on any atom is -0.337 e. The van der Waals surface area contributed by atoms with Crippen LogP contribution in [0.5, 0.6) is 0 Å². The molecule has 0 saturated heterocycles. The minimum absolute atomic E-state index is 0.872. The molecule has 0 aromatic heterocycles. The van der Waals surface area contributed by atoms with Gasteiger partial charge in [0, 0.05) is 0 Å². The molecule has 0 unspecified atom stereocenters. The first-order valence-electron chi connectivity index (χ1n) is 1.81. The zero-order valence-corrected chi connectivity index (χ0v) is 5.32. The average molecular weight is 167 g/mol. The summed E-state index contributed by atoms with van der Waals surface area (Å²) >= 11 is 0. The largest absolute Gasteiger partial charge is 0.532 e. The number of hydrogen-bond acceptors (Lipinski definition) is 5. The standard InChI is InChI=1S/C2H2NO6P/c3-1-8-2(4)9-10(5,6)7/h(H2,5,6,7). The lowest BCUT2D eigenvalue weighted by Gasteiger charge is -1.99. The highest BCUT2D eigenvalue weighted by Gasteiger charge is 2.21. The topological polar surface area (TPSA) is 117 Å². The van der Waals surface area contributed by atoms with Gasteiger partial charge in [-0.25, -0.2) is 9.36 Å². The summed E-state index contributed by atoms with van der Waals surface area (Å²) < 4.78 is 16.4. The van der Waals surface area contributed by atoms with Crippen molar-refractivity contribution in [2.24, 2.45) is 0 Å². The summed E-state index contributed by atoms with van der Waals surface area (Å²) in [6, 6.07) is 0. The molecule has 0 amide bonds. The van der Waals surface area contributed by atoms with Crippen molar-refractivity contribution in [3.8, 4) is 6.26 Å². The molecule has 0 aliphatic heterocycles. The molecule has 0 aromatic carbocycles. The molecule has 56 valence electrons. The number of nitrogens with zero attached hydrogens (tertiary/aromatic N) is 1. The van der Waals surface area contributed by atoms with E-state index in [9.17, 15) is 9.36 Å². The van der Waals surface area contributed by atoms with Crippen LogP contribution in [-0.4, -0.2) is 15.9 Å². The van der Waals surface area contributed by atoms with Crippen LogP contribution in [0.1, 0.15) is 0 Å². The maximum absolute atomic E-state index is 9.90. The molecule has 10 heavy (non-hydrogen) atoms. The molecular formula is C2H2NO6P. The van der Waals surface area contributed by atoms with Gasteiger partial charge in [-0.05, 0) is 0 Å². The number of phosphoric ester groups is 1. The van der Waals surface area contributed by atoms with Crippen molar-refractivity contribution in [1.29, 1.82) is 5.26 Å². The van der Waals surface area contributed by atoms with E-state index in [-0.39, 0.29) is 0 Å². The van der Waals surface area contributed by atoms with E-state index in [1.807, 2.05) is 0 Å². The fraction of sp³-hybridized carbons (Fsp3) is 0. The van der Waals surface area contributed by atoms with Crippen LogP contribution in [0, 0.1) is 11.5 Å². The van der Waals surface area contributed by atoms with E-state index >= 15 is 0 Å². The van der Waals surface area contributed by atoms with E-state index in [0.717, 1.165) is 6.26 Å². The lowest BCUT2D eigenvalue weighted by Crippen LogP contribution is -2.00. The molecule has 8 heteroatoms. The van der Waals surface area contributed by atoms with Crippen molar-refractivity contribution in [2.75, 3.05) is 0 Å². The molecule has 0 spiro atoms. The number of hydrogen-bond donors (Lipinski definition) is 2. The van der Waals surface area contributed by atoms with E-state index in [1.54, 1.807) is 0 Å². The Labute approximate surface area is 55.0 Å². The van der Waals surface area contributed by atoms with E-state index in [1.165, 1.54) is 0 Å². The van der Waals surface area contributed by atoms with Crippen molar-refractivity contribution in [3.05, 3.63) is 0 Å². The highest BCUT2D eigenvalue weighted by molar-refractivity contribution is 7.46. The molecule has 0 heterocycles. The van der Waals surface area contributed by atoms with Crippen LogP contribution in [0.4, 0.5) is 4.79 Å².